The van der Waals surface area contributed by atoms with E-state index in [9.17, 15) is 14.9 Å². The van der Waals surface area contributed by atoms with Gasteiger partial charge in [0, 0.05) is 17.8 Å². The fourth-order valence-corrected chi connectivity index (χ4v) is 3.27. The molecule has 0 saturated carbocycles. The number of nitro groups is 1. The Morgan fingerprint density at radius 2 is 1.47 bits per heavy atom. The van der Waals surface area contributed by atoms with Crippen LogP contribution in [0.2, 0.25) is 0 Å². The number of para-hydroxylation sites is 2. The van der Waals surface area contributed by atoms with E-state index < -0.39 is 10.8 Å². The number of nitrogens with zero attached hydrogens (tertiary/aromatic N) is 1. The fraction of sp³-hybridized carbons (Fsp3) is 0.115. The number of amides is 1. The Hall–Kier alpha value is -4.59. The van der Waals surface area contributed by atoms with Crippen LogP contribution in [0, 0.1) is 10.1 Å². The summed E-state index contributed by atoms with van der Waals surface area (Å²) in [7, 11) is 4.64. The van der Waals surface area contributed by atoms with Crippen molar-refractivity contribution in [1.82, 2.24) is 0 Å². The SMILES string of the molecule is COc1cc(/C=C/c2ccccc2NC(=O)/C=C/c2ccccc2[N+](=O)[O-])cc(OC)c1OC. The van der Waals surface area contributed by atoms with Crippen LogP contribution in [0.15, 0.2) is 66.7 Å². The molecule has 8 heteroatoms. The molecule has 3 aromatic carbocycles. The molecule has 0 spiro atoms. The summed E-state index contributed by atoms with van der Waals surface area (Å²) < 4.78 is 16.1. The van der Waals surface area contributed by atoms with Crippen molar-refractivity contribution in [3.05, 3.63) is 93.5 Å². The molecule has 0 fully saturated rings. The van der Waals surface area contributed by atoms with Gasteiger partial charge in [0.05, 0.1) is 31.8 Å². The van der Waals surface area contributed by atoms with Crippen LogP contribution in [0.25, 0.3) is 18.2 Å². The number of nitrogens with one attached hydrogen (secondary N) is 1. The van der Waals surface area contributed by atoms with Gasteiger partial charge in [0.15, 0.2) is 11.5 Å². The van der Waals surface area contributed by atoms with Gasteiger partial charge in [-0.1, -0.05) is 42.5 Å². The van der Waals surface area contributed by atoms with Crippen molar-refractivity contribution in [1.29, 1.82) is 0 Å². The monoisotopic (exact) mass is 460 g/mol. The summed E-state index contributed by atoms with van der Waals surface area (Å²) in [6.07, 6.45) is 6.39. The number of hydrogen-bond donors (Lipinski definition) is 1. The molecular weight excluding hydrogens is 436 g/mol. The van der Waals surface area contributed by atoms with Crippen LogP contribution < -0.4 is 19.5 Å². The third-order valence-corrected chi connectivity index (χ3v) is 4.91. The minimum atomic E-state index is -0.485. The maximum atomic E-state index is 12.5. The summed E-state index contributed by atoms with van der Waals surface area (Å²) in [5, 5.41) is 14.0. The van der Waals surface area contributed by atoms with E-state index >= 15 is 0 Å². The maximum Gasteiger partial charge on any atom is 0.276 e. The molecule has 0 bridgehead atoms. The minimum absolute atomic E-state index is 0.0692. The second-order valence-electron chi connectivity index (χ2n) is 7.02. The third-order valence-electron chi connectivity index (χ3n) is 4.91. The number of carbonyl (C=O) groups is 1. The summed E-state index contributed by atoms with van der Waals surface area (Å²) in [6.45, 7) is 0. The first-order valence-electron chi connectivity index (χ1n) is 10.3. The number of hydrogen-bond acceptors (Lipinski definition) is 6. The average Bonchev–Trinajstić information content (AvgIpc) is 2.86. The Bertz CT molecular complexity index is 1220. The van der Waals surface area contributed by atoms with E-state index in [1.807, 2.05) is 36.4 Å². The zero-order valence-corrected chi connectivity index (χ0v) is 19.0. The first kappa shape index (κ1) is 24.1. The number of benzene rings is 3. The first-order valence-corrected chi connectivity index (χ1v) is 10.3. The second kappa shape index (κ2) is 11.3. The average molecular weight is 460 g/mol. The summed E-state index contributed by atoms with van der Waals surface area (Å²) in [6, 6.07) is 17.1. The van der Waals surface area contributed by atoms with Crippen LogP contribution in [0.5, 0.6) is 17.2 Å². The van der Waals surface area contributed by atoms with E-state index in [4.69, 9.17) is 14.2 Å². The van der Waals surface area contributed by atoms with Crippen LogP contribution in [-0.2, 0) is 4.79 Å². The molecule has 0 aliphatic heterocycles. The quantitative estimate of drug-likeness (QED) is 0.197. The number of nitro benzene ring substituents is 1. The first-order chi connectivity index (χ1) is 16.5. The van der Waals surface area contributed by atoms with Gasteiger partial charge in [-0.2, -0.15) is 0 Å². The van der Waals surface area contributed by atoms with E-state index in [1.165, 1.54) is 18.2 Å². The largest absolute Gasteiger partial charge is 0.493 e. The van der Waals surface area contributed by atoms with Crippen molar-refractivity contribution < 1.29 is 23.9 Å². The molecule has 0 atom stereocenters. The van der Waals surface area contributed by atoms with Crippen molar-refractivity contribution in [3.8, 4) is 17.2 Å². The summed E-state index contributed by atoms with van der Waals surface area (Å²) >= 11 is 0. The number of anilines is 1. The van der Waals surface area contributed by atoms with E-state index in [0.29, 0.717) is 28.5 Å². The molecule has 1 N–H and O–H groups in total. The minimum Gasteiger partial charge on any atom is -0.493 e. The van der Waals surface area contributed by atoms with Gasteiger partial charge < -0.3 is 19.5 Å². The predicted octanol–water partition coefficient (Wildman–Crippen LogP) is 5.44. The van der Waals surface area contributed by atoms with Crippen LogP contribution >= 0.6 is 0 Å². The van der Waals surface area contributed by atoms with Crippen LogP contribution in [0.1, 0.15) is 16.7 Å². The Labute approximate surface area is 197 Å². The number of methoxy groups -OCH3 is 3. The number of rotatable bonds is 9. The highest BCUT2D eigenvalue weighted by Gasteiger charge is 2.13. The molecule has 0 saturated heterocycles. The number of carbonyl (C=O) groups excluding carboxylic acids is 1. The molecule has 8 nitrogen and oxygen atoms in total. The molecule has 0 aliphatic carbocycles. The molecule has 0 aliphatic rings. The van der Waals surface area contributed by atoms with Gasteiger partial charge in [0.2, 0.25) is 11.7 Å². The highest BCUT2D eigenvalue weighted by atomic mass is 16.6. The van der Waals surface area contributed by atoms with Crippen LogP contribution in [0.3, 0.4) is 0 Å². The smallest absolute Gasteiger partial charge is 0.276 e. The maximum absolute atomic E-state index is 12.5. The highest BCUT2D eigenvalue weighted by Crippen LogP contribution is 2.38. The zero-order valence-electron chi connectivity index (χ0n) is 19.0. The molecule has 34 heavy (non-hydrogen) atoms. The Balaban J connectivity index is 1.81. The zero-order chi connectivity index (χ0) is 24.5. The van der Waals surface area contributed by atoms with Crippen molar-refractivity contribution in [2.24, 2.45) is 0 Å². The topological polar surface area (TPSA) is 99.9 Å². The molecule has 3 aromatic rings. The van der Waals surface area contributed by atoms with Gasteiger partial charge >= 0.3 is 0 Å². The molecule has 0 radical (unpaired) electrons. The van der Waals surface area contributed by atoms with Gasteiger partial charge in [-0.15, -0.1) is 0 Å². The summed E-state index contributed by atoms with van der Waals surface area (Å²) in [5.41, 5.74) is 2.44. The standard InChI is InChI=1S/C26H24N2O6/c1-32-23-16-18(17-24(33-2)26(23)34-3)12-13-19-8-4-6-10-21(19)27-25(29)15-14-20-9-5-7-11-22(20)28(30)31/h4-17H,1-3H3,(H,27,29)/b13-12+,15-14+. The molecule has 0 heterocycles. The normalized spacial score (nSPS) is 10.9. The Morgan fingerprint density at radius 1 is 0.853 bits per heavy atom. The number of ether oxygens (including phenoxy) is 3. The third kappa shape index (κ3) is 5.80. The molecule has 0 unspecified atom stereocenters. The Morgan fingerprint density at radius 3 is 2.09 bits per heavy atom. The lowest BCUT2D eigenvalue weighted by atomic mass is 10.1. The van der Waals surface area contributed by atoms with Gasteiger partial charge in [-0.25, -0.2) is 0 Å². The van der Waals surface area contributed by atoms with Crippen molar-refractivity contribution in [3.63, 3.8) is 0 Å². The van der Waals surface area contributed by atoms with Crippen molar-refractivity contribution >= 4 is 35.5 Å². The fourth-order valence-electron chi connectivity index (χ4n) is 3.27. The van der Waals surface area contributed by atoms with Crippen LogP contribution in [0.4, 0.5) is 11.4 Å². The van der Waals surface area contributed by atoms with Crippen molar-refractivity contribution in [2.45, 2.75) is 0 Å². The van der Waals surface area contributed by atoms with Crippen LogP contribution in [-0.4, -0.2) is 32.2 Å². The lowest BCUT2D eigenvalue weighted by molar-refractivity contribution is -0.385. The van der Waals surface area contributed by atoms with Gasteiger partial charge in [-0.05, 0) is 41.5 Å². The van der Waals surface area contributed by atoms with Gasteiger partial charge in [0.1, 0.15) is 0 Å². The van der Waals surface area contributed by atoms with Crippen molar-refractivity contribution in [2.75, 3.05) is 26.6 Å². The molecule has 0 aromatic heterocycles. The summed E-state index contributed by atoms with van der Waals surface area (Å²) in [4.78, 5) is 23.2. The molecule has 3 rings (SSSR count). The highest BCUT2D eigenvalue weighted by molar-refractivity contribution is 6.03. The molecular formula is C26H24N2O6. The van der Waals surface area contributed by atoms with Gasteiger partial charge in [-0.3, -0.25) is 14.9 Å². The lowest BCUT2D eigenvalue weighted by Gasteiger charge is -2.13. The molecule has 1 amide bonds. The van der Waals surface area contributed by atoms with Gasteiger partial charge in [0.25, 0.3) is 5.69 Å². The molecule has 174 valence electrons. The second-order valence-corrected chi connectivity index (χ2v) is 7.02. The van der Waals surface area contributed by atoms with E-state index in [2.05, 4.69) is 5.32 Å². The predicted molar refractivity (Wildman–Crippen MR) is 132 cm³/mol. The lowest BCUT2D eigenvalue weighted by Crippen LogP contribution is -2.08. The Kier molecular flexibility index (Phi) is 8.02. The summed E-state index contributed by atoms with van der Waals surface area (Å²) in [5.74, 6) is 1.15. The van der Waals surface area contributed by atoms with E-state index in [1.54, 1.807) is 51.7 Å². The van der Waals surface area contributed by atoms with E-state index in [0.717, 1.165) is 11.1 Å². The van der Waals surface area contributed by atoms with E-state index in [-0.39, 0.29) is 5.69 Å².